The number of aromatic hydroxyl groups is 1. The fourth-order valence-corrected chi connectivity index (χ4v) is 4.65. The number of hydrogen-bond donors (Lipinski definition) is 4. The van der Waals surface area contributed by atoms with E-state index < -0.39 is 27.2 Å². The topological polar surface area (TPSA) is 131 Å². The minimum Gasteiger partial charge on any atom is -0.505 e. The Hall–Kier alpha value is -3.43. The van der Waals surface area contributed by atoms with E-state index in [-0.39, 0.29) is 33.9 Å². The van der Waals surface area contributed by atoms with Crippen LogP contribution in [-0.4, -0.2) is 25.5 Å². The van der Waals surface area contributed by atoms with Crippen LogP contribution in [0, 0.1) is 0 Å². The molecule has 0 aliphatic heterocycles. The standard InChI is InChI=1S/C23H24ClN3O5S/c1-14(2)32-17-10-8-16(9-11-17)27-33(30,31)19-12-18(23(25)29)22(28)20(24)21(19)26-13-15-6-4-3-5-7-15/h3-12,14,26-28H,13H2,1-2H3,(H2,25,29). The van der Waals surface area contributed by atoms with Gasteiger partial charge in [0.05, 0.1) is 17.4 Å². The average molecular weight is 490 g/mol. The second kappa shape index (κ2) is 10.0. The van der Waals surface area contributed by atoms with Gasteiger partial charge < -0.3 is 20.9 Å². The summed E-state index contributed by atoms with van der Waals surface area (Å²) in [6.07, 6.45) is -0.0304. The van der Waals surface area contributed by atoms with Crippen LogP contribution >= 0.6 is 11.6 Å². The predicted molar refractivity (Wildman–Crippen MR) is 128 cm³/mol. The van der Waals surface area contributed by atoms with Crippen LogP contribution in [0.4, 0.5) is 11.4 Å². The monoisotopic (exact) mass is 489 g/mol. The van der Waals surface area contributed by atoms with Crippen molar-refractivity contribution in [2.45, 2.75) is 31.4 Å². The molecular formula is C23H24ClN3O5S. The van der Waals surface area contributed by atoms with Crippen molar-refractivity contribution in [3.05, 3.63) is 76.8 Å². The summed E-state index contributed by atoms with van der Waals surface area (Å²) < 4.78 is 34.5. The Morgan fingerprint density at radius 1 is 1.12 bits per heavy atom. The number of nitrogens with two attached hydrogens (primary N) is 1. The van der Waals surface area contributed by atoms with Gasteiger partial charge in [-0.3, -0.25) is 9.52 Å². The summed E-state index contributed by atoms with van der Waals surface area (Å²) in [6.45, 7) is 3.98. The van der Waals surface area contributed by atoms with Crippen LogP contribution < -0.4 is 20.5 Å². The van der Waals surface area contributed by atoms with Gasteiger partial charge in [0.15, 0.2) is 0 Å². The smallest absolute Gasteiger partial charge is 0.264 e. The number of sulfonamides is 1. The number of halogens is 1. The molecule has 3 aromatic carbocycles. The fraction of sp³-hybridized carbons (Fsp3) is 0.174. The van der Waals surface area contributed by atoms with E-state index in [2.05, 4.69) is 10.0 Å². The van der Waals surface area contributed by atoms with E-state index in [0.717, 1.165) is 11.6 Å². The molecule has 33 heavy (non-hydrogen) atoms. The number of rotatable bonds is 9. The van der Waals surface area contributed by atoms with E-state index in [1.54, 1.807) is 24.3 Å². The largest absolute Gasteiger partial charge is 0.505 e. The minimum atomic E-state index is -4.24. The molecule has 0 saturated carbocycles. The molecule has 174 valence electrons. The van der Waals surface area contributed by atoms with E-state index in [9.17, 15) is 18.3 Å². The van der Waals surface area contributed by atoms with Crippen molar-refractivity contribution >= 4 is 38.9 Å². The van der Waals surface area contributed by atoms with E-state index in [1.807, 2.05) is 44.2 Å². The number of carbonyl (C=O) groups excluding carboxylic acids is 1. The quantitative estimate of drug-likeness (QED) is 0.353. The summed E-state index contributed by atoms with van der Waals surface area (Å²) in [5.41, 5.74) is 5.96. The lowest BCUT2D eigenvalue weighted by molar-refractivity contribution is 0.0997. The van der Waals surface area contributed by atoms with Crippen molar-refractivity contribution in [3.63, 3.8) is 0 Å². The normalized spacial score (nSPS) is 11.3. The summed E-state index contributed by atoms with van der Waals surface area (Å²) in [5, 5.41) is 12.9. The van der Waals surface area contributed by atoms with Crippen LogP contribution in [0.5, 0.6) is 11.5 Å². The first-order chi connectivity index (χ1) is 15.6. The van der Waals surface area contributed by atoms with Gasteiger partial charge in [-0.05, 0) is 49.7 Å². The van der Waals surface area contributed by atoms with Crippen LogP contribution in [0.2, 0.25) is 5.02 Å². The third-order valence-electron chi connectivity index (χ3n) is 4.55. The molecule has 1 amide bonds. The lowest BCUT2D eigenvalue weighted by Crippen LogP contribution is -2.19. The highest BCUT2D eigenvalue weighted by molar-refractivity contribution is 7.93. The molecule has 0 heterocycles. The first kappa shape index (κ1) is 24.2. The van der Waals surface area contributed by atoms with E-state index in [4.69, 9.17) is 22.1 Å². The molecule has 3 aromatic rings. The van der Waals surface area contributed by atoms with Gasteiger partial charge >= 0.3 is 0 Å². The number of hydrogen-bond acceptors (Lipinski definition) is 6. The Morgan fingerprint density at radius 3 is 2.33 bits per heavy atom. The molecule has 0 spiro atoms. The number of benzene rings is 3. The second-order valence-corrected chi connectivity index (χ2v) is 9.49. The Morgan fingerprint density at radius 2 is 1.76 bits per heavy atom. The number of phenols is 1. The third-order valence-corrected chi connectivity index (χ3v) is 6.32. The van der Waals surface area contributed by atoms with Crippen LogP contribution in [0.3, 0.4) is 0 Å². The predicted octanol–water partition coefficient (Wildman–Crippen LogP) is 4.34. The van der Waals surface area contributed by atoms with Crippen molar-refractivity contribution in [1.82, 2.24) is 0 Å². The molecule has 0 aliphatic carbocycles. The van der Waals surface area contributed by atoms with Crippen LogP contribution in [-0.2, 0) is 16.6 Å². The SMILES string of the molecule is CC(C)Oc1ccc(NS(=O)(=O)c2cc(C(N)=O)c(O)c(Cl)c2NCc2ccccc2)cc1. The first-order valence-corrected chi connectivity index (χ1v) is 11.9. The van der Waals surface area contributed by atoms with Crippen molar-refractivity contribution in [2.24, 2.45) is 5.73 Å². The van der Waals surface area contributed by atoms with Crippen molar-refractivity contribution < 1.29 is 23.1 Å². The van der Waals surface area contributed by atoms with Crippen LogP contribution in [0.1, 0.15) is 29.8 Å². The van der Waals surface area contributed by atoms with Gasteiger partial charge in [-0.2, -0.15) is 0 Å². The highest BCUT2D eigenvalue weighted by Crippen LogP contribution is 2.40. The van der Waals surface area contributed by atoms with Gasteiger partial charge in [-0.1, -0.05) is 41.9 Å². The molecular weight excluding hydrogens is 466 g/mol. The molecule has 0 saturated heterocycles. The molecule has 3 rings (SSSR count). The molecule has 0 fully saturated rings. The molecule has 0 unspecified atom stereocenters. The van der Waals surface area contributed by atoms with Gasteiger partial charge in [0.1, 0.15) is 21.4 Å². The second-order valence-electron chi connectivity index (χ2n) is 7.46. The Kier molecular flexibility index (Phi) is 7.35. The van der Waals surface area contributed by atoms with Gasteiger partial charge in [0, 0.05) is 12.2 Å². The number of ether oxygens (including phenoxy) is 1. The van der Waals surface area contributed by atoms with Gasteiger partial charge in [-0.15, -0.1) is 0 Å². The number of carbonyl (C=O) groups is 1. The molecule has 10 heteroatoms. The van der Waals surface area contributed by atoms with Gasteiger partial charge in [0.25, 0.3) is 15.9 Å². The van der Waals surface area contributed by atoms with Crippen LogP contribution in [0.25, 0.3) is 0 Å². The lowest BCUT2D eigenvalue weighted by atomic mass is 10.1. The fourth-order valence-electron chi connectivity index (χ4n) is 3.05. The summed E-state index contributed by atoms with van der Waals surface area (Å²) in [4.78, 5) is 11.4. The summed E-state index contributed by atoms with van der Waals surface area (Å²) in [7, 11) is -4.24. The number of amides is 1. The molecule has 0 bridgehead atoms. The molecule has 5 N–H and O–H groups in total. The maximum Gasteiger partial charge on any atom is 0.264 e. The summed E-state index contributed by atoms with van der Waals surface area (Å²) >= 11 is 6.26. The van der Waals surface area contributed by atoms with Gasteiger partial charge in [-0.25, -0.2) is 8.42 Å². The van der Waals surface area contributed by atoms with E-state index in [0.29, 0.717) is 5.75 Å². The zero-order valence-electron chi connectivity index (χ0n) is 18.0. The Bertz CT molecular complexity index is 1250. The van der Waals surface area contributed by atoms with Crippen molar-refractivity contribution in [1.29, 1.82) is 0 Å². The molecule has 8 nitrogen and oxygen atoms in total. The third kappa shape index (κ3) is 5.88. The average Bonchev–Trinajstić information content (AvgIpc) is 2.76. The first-order valence-electron chi connectivity index (χ1n) is 10.0. The molecule has 0 aromatic heterocycles. The number of nitrogens with one attached hydrogen (secondary N) is 2. The maximum atomic E-state index is 13.3. The molecule has 0 radical (unpaired) electrons. The minimum absolute atomic E-state index is 0.0304. The highest BCUT2D eigenvalue weighted by Gasteiger charge is 2.27. The number of primary amides is 1. The Balaban J connectivity index is 2.00. The zero-order valence-corrected chi connectivity index (χ0v) is 19.6. The highest BCUT2D eigenvalue weighted by atomic mass is 35.5. The molecule has 0 aliphatic rings. The summed E-state index contributed by atoms with van der Waals surface area (Å²) in [6, 6.07) is 16.5. The van der Waals surface area contributed by atoms with Crippen molar-refractivity contribution in [3.8, 4) is 11.5 Å². The Labute approximate surface area is 197 Å². The lowest BCUT2D eigenvalue weighted by Gasteiger charge is -2.18. The van der Waals surface area contributed by atoms with Crippen molar-refractivity contribution in [2.75, 3.05) is 10.0 Å². The van der Waals surface area contributed by atoms with Crippen LogP contribution in [0.15, 0.2) is 65.6 Å². The van der Waals surface area contributed by atoms with E-state index in [1.165, 1.54) is 0 Å². The maximum absolute atomic E-state index is 13.3. The summed E-state index contributed by atoms with van der Waals surface area (Å²) in [5.74, 6) is -1.04. The van der Waals surface area contributed by atoms with Gasteiger partial charge in [0.2, 0.25) is 0 Å². The number of anilines is 2. The van der Waals surface area contributed by atoms with E-state index >= 15 is 0 Å². The zero-order chi connectivity index (χ0) is 24.2. The molecule has 0 atom stereocenters.